The highest BCUT2D eigenvalue weighted by Crippen LogP contribution is 2.49. The van der Waals surface area contributed by atoms with Crippen LogP contribution in [0.2, 0.25) is 0 Å². The number of rotatable bonds is 3. The van der Waals surface area contributed by atoms with E-state index in [0.29, 0.717) is 0 Å². The monoisotopic (exact) mass is 464 g/mol. The van der Waals surface area contributed by atoms with E-state index in [0.717, 1.165) is 0 Å². The molecule has 0 saturated carbocycles. The van der Waals surface area contributed by atoms with Gasteiger partial charge in [-0.3, -0.25) is 0 Å². The highest BCUT2D eigenvalue weighted by Gasteiger charge is 2.40. The van der Waals surface area contributed by atoms with Crippen LogP contribution in [0.25, 0.3) is 21.9 Å². The van der Waals surface area contributed by atoms with Gasteiger partial charge in [-0.05, 0) is 44.0 Å². The van der Waals surface area contributed by atoms with Crippen molar-refractivity contribution in [3.63, 3.8) is 0 Å². The Hall–Kier alpha value is -3.58. The number of hydrogen-bond acceptors (Lipinski definition) is 0. The van der Waals surface area contributed by atoms with Gasteiger partial charge in [-0.25, -0.2) is 0 Å². The minimum atomic E-state index is -0.0398. The Morgan fingerprint density at radius 3 is 2.06 bits per heavy atom. The zero-order valence-corrected chi connectivity index (χ0v) is 22.0. The maximum absolute atomic E-state index is 2.51. The van der Waals surface area contributed by atoms with Gasteiger partial charge in [-0.15, -0.1) is 0 Å². The Morgan fingerprint density at radius 2 is 1.28 bits per heavy atom. The van der Waals surface area contributed by atoms with Crippen molar-refractivity contribution in [2.45, 2.75) is 45.4 Å². The molecule has 0 nitrogen and oxygen atoms in total. The summed E-state index contributed by atoms with van der Waals surface area (Å²) in [5.41, 5.74) is 11.2. The lowest BCUT2D eigenvalue weighted by molar-refractivity contribution is 0.585. The average molecular weight is 464 g/mol. The molecular formula is C35H33B. The first-order valence-corrected chi connectivity index (χ1v) is 13.1. The summed E-state index contributed by atoms with van der Waals surface area (Å²) in [7, 11) is 0. The Balaban J connectivity index is 1.76. The maximum atomic E-state index is 2.51. The van der Waals surface area contributed by atoms with Crippen molar-refractivity contribution < 1.29 is 0 Å². The van der Waals surface area contributed by atoms with E-state index in [9.17, 15) is 0 Å². The van der Waals surface area contributed by atoms with Gasteiger partial charge >= 0.3 is 0 Å². The van der Waals surface area contributed by atoms with Crippen molar-refractivity contribution in [1.29, 1.82) is 0 Å². The summed E-state index contributed by atoms with van der Waals surface area (Å²) < 4.78 is 0. The molecule has 1 aliphatic carbocycles. The van der Waals surface area contributed by atoms with Gasteiger partial charge in [0.25, 0.3) is 0 Å². The SMILES string of the molecule is CC(C)(C)c1cc(B(c2ccccc2)c2cccc3ccccc23)c2c(c1)C(C)(C)c1ccccc1-2. The first-order chi connectivity index (χ1) is 17.3. The maximum Gasteiger partial charge on any atom is 0.242 e. The summed E-state index contributed by atoms with van der Waals surface area (Å²) in [6.07, 6.45) is 0. The standard InChI is InChI=1S/C35H33B/c1-34(2,3)25-22-30-33(28-19-11-12-20-29(28)35(30,4)5)32(23-25)36(26-16-7-6-8-17-26)31-21-13-15-24-14-9-10-18-27(24)31/h6-23H,1-5H3. The van der Waals surface area contributed by atoms with E-state index in [4.69, 9.17) is 0 Å². The predicted octanol–water partition coefficient (Wildman–Crippen LogP) is 6.96. The van der Waals surface area contributed by atoms with Gasteiger partial charge in [0.2, 0.25) is 6.71 Å². The highest BCUT2D eigenvalue weighted by atomic mass is 14.4. The molecular weight excluding hydrogens is 431 g/mol. The molecule has 0 atom stereocenters. The first kappa shape index (κ1) is 22.9. The van der Waals surface area contributed by atoms with Crippen LogP contribution in [0.1, 0.15) is 51.3 Å². The molecule has 0 radical (unpaired) electrons. The largest absolute Gasteiger partial charge is 0.242 e. The summed E-state index contributed by atoms with van der Waals surface area (Å²) in [4.78, 5) is 0. The van der Waals surface area contributed by atoms with Crippen LogP contribution in [0, 0.1) is 0 Å². The molecule has 0 aromatic heterocycles. The molecule has 0 fully saturated rings. The van der Waals surface area contributed by atoms with E-state index >= 15 is 0 Å². The molecule has 36 heavy (non-hydrogen) atoms. The smallest absolute Gasteiger partial charge is 0.0686 e. The minimum absolute atomic E-state index is 0.0398. The van der Waals surface area contributed by atoms with Gasteiger partial charge in [0.15, 0.2) is 0 Å². The van der Waals surface area contributed by atoms with Crippen molar-refractivity contribution in [2.75, 3.05) is 0 Å². The molecule has 1 aliphatic rings. The van der Waals surface area contributed by atoms with Crippen molar-refractivity contribution in [3.8, 4) is 11.1 Å². The molecule has 5 aromatic carbocycles. The van der Waals surface area contributed by atoms with Gasteiger partial charge in [-0.1, -0.05) is 160 Å². The fourth-order valence-corrected chi connectivity index (χ4v) is 6.18. The van der Waals surface area contributed by atoms with Gasteiger partial charge in [0.05, 0.1) is 0 Å². The lowest BCUT2D eigenvalue weighted by Gasteiger charge is -2.29. The summed E-state index contributed by atoms with van der Waals surface area (Å²) in [6, 6.07) is 40.7. The number of hydrogen-bond donors (Lipinski definition) is 0. The third-order valence-electron chi connectivity index (χ3n) is 8.16. The van der Waals surface area contributed by atoms with Crippen LogP contribution >= 0.6 is 0 Å². The van der Waals surface area contributed by atoms with Gasteiger partial charge < -0.3 is 0 Å². The second-order valence-electron chi connectivity index (χ2n) is 11.8. The van der Waals surface area contributed by atoms with E-state index in [2.05, 4.69) is 144 Å². The molecule has 0 N–H and O–H groups in total. The van der Waals surface area contributed by atoms with Gasteiger partial charge in [-0.2, -0.15) is 0 Å². The molecule has 6 rings (SSSR count). The third kappa shape index (κ3) is 3.53. The zero-order chi connectivity index (χ0) is 25.1. The van der Waals surface area contributed by atoms with Crippen LogP contribution in [0.15, 0.2) is 109 Å². The summed E-state index contributed by atoms with van der Waals surface area (Å²) in [6.45, 7) is 11.9. The fraction of sp³-hybridized carbons (Fsp3) is 0.200. The van der Waals surface area contributed by atoms with Crippen molar-refractivity contribution >= 4 is 33.9 Å². The van der Waals surface area contributed by atoms with E-state index in [1.54, 1.807) is 0 Å². The molecule has 0 saturated heterocycles. The second-order valence-corrected chi connectivity index (χ2v) is 11.8. The number of benzene rings is 5. The second kappa shape index (κ2) is 8.24. The Kier molecular flexibility index (Phi) is 5.23. The molecule has 1 heteroatoms. The summed E-state index contributed by atoms with van der Waals surface area (Å²) in [5, 5.41) is 2.62. The van der Waals surface area contributed by atoms with E-state index in [1.165, 1.54) is 55.0 Å². The molecule has 0 unspecified atom stereocenters. The van der Waals surface area contributed by atoms with E-state index in [1.807, 2.05) is 0 Å². The topological polar surface area (TPSA) is 0 Å². The van der Waals surface area contributed by atoms with Crippen LogP contribution in [-0.4, -0.2) is 6.71 Å². The van der Waals surface area contributed by atoms with Gasteiger partial charge in [0, 0.05) is 5.41 Å². The molecule has 0 heterocycles. The van der Waals surface area contributed by atoms with E-state index < -0.39 is 0 Å². The normalized spacial score (nSPS) is 13.9. The molecule has 0 bridgehead atoms. The molecule has 0 spiro atoms. The van der Waals surface area contributed by atoms with Crippen molar-refractivity contribution in [3.05, 3.63) is 126 Å². The van der Waals surface area contributed by atoms with Crippen LogP contribution in [-0.2, 0) is 10.8 Å². The number of fused-ring (bicyclic) bond motifs is 4. The molecule has 176 valence electrons. The van der Waals surface area contributed by atoms with E-state index in [-0.39, 0.29) is 17.5 Å². The van der Waals surface area contributed by atoms with Crippen LogP contribution in [0.3, 0.4) is 0 Å². The van der Waals surface area contributed by atoms with Crippen molar-refractivity contribution in [2.24, 2.45) is 0 Å². The zero-order valence-electron chi connectivity index (χ0n) is 22.0. The van der Waals surface area contributed by atoms with Crippen molar-refractivity contribution in [1.82, 2.24) is 0 Å². The Bertz CT molecular complexity index is 1580. The average Bonchev–Trinajstić information content (AvgIpc) is 3.11. The summed E-state index contributed by atoms with van der Waals surface area (Å²) in [5.74, 6) is 0. The lowest BCUT2D eigenvalue weighted by Crippen LogP contribution is -2.53. The third-order valence-corrected chi connectivity index (χ3v) is 8.16. The summed E-state index contributed by atoms with van der Waals surface area (Å²) >= 11 is 0. The van der Waals surface area contributed by atoms with Crippen LogP contribution in [0.5, 0.6) is 0 Å². The molecule has 0 aliphatic heterocycles. The first-order valence-electron chi connectivity index (χ1n) is 13.1. The fourth-order valence-electron chi connectivity index (χ4n) is 6.18. The lowest BCUT2D eigenvalue weighted by atomic mass is 9.35. The van der Waals surface area contributed by atoms with Gasteiger partial charge in [0.1, 0.15) is 0 Å². The molecule has 5 aromatic rings. The Morgan fingerprint density at radius 1 is 0.611 bits per heavy atom. The minimum Gasteiger partial charge on any atom is -0.0686 e. The van der Waals surface area contributed by atoms with Crippen LogP contribution in [0.4, 0.5) is 0 Å². The van der Waals surface area contributed by atoms with Crippen LogP contribution < -0.4 is 16.4 Å². The quantitative estimate of drug-likeness (QED) is 0.253. The Labute approximate surface area is 216 Å². The molecule has 0 amide bonds. The highest BCUT2D eigenvalue weighted by molar-refractivity contribution is 6.97. The predicted molar refractivity (Wildman–Crippen MR) is 158 cm³/mol.